The molecule has 1 fully saturated rings. The Hall–Kier alpha value is -4.45. The highest BCUT2D eigenvalue weighted by molar-refractivity contribution is 5.99. The summed E-state index contributed by atoms with van der Waals surface area (Å²) in [5.41, 5.74) is 0.440. The summed E-state index contributed by atoms with van der Waals surface area (Å²) in [6, 6.07) is 13.3. The van der Waals surface area contributed by atoms with Crippen LogP contribution in [0, 0.1) is 5.92 Å². The number of rotatable bonds is 8. The van der Waals surface area contributed by atoms with E-state index in [1.807, 2.05) is 42.5 Å². The minimum atomic E-state index is -1.19. The van der Waals surface area contributed by atoms with Crippen LogP contribution in [0.3, 0.4) is 0 Å². The van der Waals surface area contributed by atoms with E-state index in [0.717, 1.165) is 11.1 Å². The molecule has 4 atom stereocenters. The second-order valence-electron chi connectivity index (χ2n) is 12.9. The summed E-state index contributed by atoms with van der Waals surface area (Å²) >= 11 is 0. The van der Waals surface area contributed by atoms with Crippen molar-refractivity contribution >= 4 is 29.5 Å². The molecule has 12 heteroatoms. The zero-order valence-corrected chi connectivity index (χ0v) is 27.6. The van der Waals surface area contributed by atoms with Crippen LogP contribution in [-0.4, -0.2) is 79.6 Å². The number of carbonyl (C=O) groups is 5. The number of hydrogen-bond acceptors (Lipinski definition) is 7. The molecule has 5 amide bonds. The number of benzene rings is 2. The zero-order valence-electron chi connectivity index (χ0n) is 27.6. The summed E-state index contributed by atoms with van der Waals surface area (Å²) in [5.74, 6) is -1.43. The Morgan fingerprint density at radius 2 is 1.66 bits per heavy atom. The number of ether oxygens (including phenoxy) is 2. The number of hydrogen-bond donors (Lipinski definition) is 5. The van der Waals surface area contributed by atoms with Gasteiger partial charge in [0.15, 0.2) is 0 Å². The summed E-state index contributed by atoms with van der Waals surface area (Å²) in [5, 5.41) is 14.2. The molecule has 2 heterocycles. The fraction of sp³-hybridized carbons (Fsp3) is 0.514. The average Bonchev–Trinajstić information content (AvgIpc) is 3.83. The predicted octanol–water partition coefficient (Wildman–Crippen LogP) is 1.55. The highest BCUT2D eigenvalue weighted by Crippen LogP contribution is 2.36. The van der Waals surface area contributed by atoms with Gasteiger partial charge in [0.1, 0.15) is 36.0 Å². The van der Waals surface area contributed by atoms with Gasteiger partial charge in [-0.25, -0.2) is 0 Å². The van der Waals surface area contributed by atoms with Crippen molar-refractivity contribution in [2.24, 2.45) is 5.92 Å². The van der Waals surface area contributed by atoms with E-state index in [-0.39, 0.29) is 56.3 Å². The van der Waals surface area contributed by atoms with Crippen LogP contribution in [0.5, 0.6) is 5.75 Å². The van der Waals surface area contributed by atoms with E-state index in [1.165, 1.54) is 14.0 Å². The molecular formula is C35H47N5O7. The summed E-state index contributed by atoms with van der Waals surface area (Å²) < 4.78 is 11.1. The second kappa shape index (κ2) is 16.4. The molecule has 1 aliphatic carbocycles. The van der Waals surface area contributed by atoms with E-state index in [0.29, 0.717) is 25.0 Å². The first kappa shape index (κ1) is 35.4. The first-order valence-electron chi connectivity index (χ1n) is 16.3. The molecule has 0 saturated heterocycles. The third-order valence-corrected chi connectivity index (χ3v) is 8.31. The maximum Gasteiger partial charge on any atom is 0.246 e. The van der Waals surface area contributed by atoms with Crippen LogP contribution in [0.2, 0.25) is 0 Å². The molecule has 47 heavy (non-hydrogen) atoms. The lowest BCUT2D eigenvalue weighted by molar-refractivity contribution is -0.135. The average molecular weight is 650 g/mol. The first-order valence-corrected chi connectivity index (χ1v) is 16.3. The van der Waals surface area contributed by atoms with Crippen molar-refractivity contribution in [1.29, 1.82) is 0 Å². The molecule has 1 spiro atoms. The third kappa shape index (κ3) is 10.5. The number of amides is 5. The number of nitrogens with one attached hydrogen (secondary N) is 5. The van der Waals surface area contributed by atoms with Gasteiger partial charge in [0.05, 0.1) is 12.6 Å². The molecular weight excluding hydrogens is 602 g/mol. The van der Waals surface area contributed by atoms with Gasteiger partial charge in [-0.1, -0.05) is 56.3 Å². The van der Waals surface area contributed by atoms with E-state index in [1.54, 1.807) is 12.1 Å². The van der Waals surface area contributed by atoms with Gasteiger partial charge in [-0.3, -0.25) is 24.0 Å². The van der Waals surface area contributed by atoms with Crippen molar-refractivity contribution in [3.63, 3.8) is 0 Å². The Bertz CT molecular complexity index is 1390. The molecule has 0 unspecified atom stereocenters. The molecule has 2 aromatic carbocycles. The Kier molecular flexibility index (Phi) is 12.4. The van der Waals surface area contributed by atoms with Crippen molar-refractivity contribution in [2.75, 3.05) is 20.3 Å². The van der Waals surface area contributed by atoms with Gasteiger partial charge in [-0.05, 0) is 55.4 Å². The van der Waals surface area contributed by atoms with Crippen LogP contribution < -0.4 is 31.3 Å². The van der Waals surface area contributed by atoms with Crippen LogP contribution in [0.15, 0.2) is 54.6 Å². The summed E-state index contributed by atoms with van der Waals surface area (Å²) in [6.45, 7) is 6.03. The summed E-state index contributed by atoms with van der Waals surface area (Å²) in [4.78, 5) is 66.6. The van der Waals surface area contributed by atoms with Crippen LogP contribution in [-0.2, 0) is 41.6 Å². The molecule has 2 bridgehead atoms. The van der Waals surface area contributed by atoms with Crippen LogP contribution in [0.1, 0.15) is 57.6 Å². The SMILES string of the molecule is COCCC(=O)N[C@H]1Cc2ccc(cc2)OC[C@H](CC(C)C)NC(=O)[C@@H](Cc2ccccc2)NC(=O)C2(CC2)NC(=O)[C@@H](C)NC1=O. The summed E-state index contributed by atoms with van der Waals surface area (Å²) in [6.07, 6.45) is 1.92. The topological polar surface area (TPSA) is 164 Å². The standard InChI is InChI=1S/C35H47N5O7/c1-22(2)18-26-21-47-27-12-10-25(11-13-27)20-28(38-30(41)14-17-46-4)32(43)36-23(3)31(42)40-35(15-16-35)34(45)39-29(33(44)37-26)19-24-8-6-5-7-9-24/h5-13,22-23,26,28-29H,14-21H2,1-4H3,(H,36,43)(H,37,44)(H,38,41)(H,39,45)(H,40,42)/t23-,26+,28+,29-/m1/s1. The van der Waals surface area contributed by atoms with Crippen molar-refractivity contribution in [2.45, 2.75) is 89.0 Å². The Morgan fingerprint density at radius 1 is 0.957 bits per heavy atom. The highest BCUT2D eigenvalue weighted by Gasteiger charge is 2.52. The molecule has 5 N–H and O–H groups in total. The largest absolute Gasteiger partial charge is 0.491 e. The lowest BCUT2D eigenvalue weighted by Gasteiger charge is -2.27. The van der Waals surface area contributed by atoms with Crippen LogP contribution in [0.25, 0.3) is 0 Å². The monoisotopic (exact) mass is 649 g/mol. The van der Waals surface area contributed by atoms with Crippen molar-refractivity contribution in [3.05, 3.63) is 65.7 Å². The maximum atomic E-state index is 13.7. The molecule has 12 nitrogen and oxygen atoms in total. The number of carbonyl (C=O) groups excluding carboxylic acids is 5. The van der Waals surface area contributed by atoms with E-state index < -0.39 is 41.4 Å². The minimum absolute atomic E-state index is 0.0695. The zero-order chi connectivity index (χ0) is 34.0. The Labute approximate surface area is 276 Å². The molecule has 0 radical (unpaired) electrons. The van der Waals surface area contributed by atoms with E-state index in [2.05, 4.69) is 40.4 Å². The second-order valence-corrected chi connectivity index (χ2v) is 12.9. The maximum absolute atomic E-state index is 13.7. The van der Waals surface area contributed by atoms with Crippen LogP contribution in [0.4, 0.5) is 0 Å². The number of methoxy groups -OCH3 is 1. The van der Waals surface area contributed by atoms with Gasteiger partial charge >= 0.3 is 0 Å². The lowest BCUT2D eigenvalue weighted by Crippen LogP contribution is -2.59. The predicted molar refractivity (Wildman–Crippen MR) is 175 cm³/mol. The van der Waals surface area contributed by atoms with Gasteiger partial charge in [-0.15, -0.1) is 0 Å². The molecule has 1 saturated carbocycles. The normalized spacial score (nSPS) is 23.6. The van der Waals surface area contributed by atoms with Crippen molar-refractivity contribution < 1.29 is 33.4 Å². The molecule has 2 aliphatic heterocycles. The Morgan fingerprint density at radius 3 is 2.30 bits per heavy atom. The van der Waals surface area contributed by atoms with Crippen LogP contribution >= 0.6 is 0 Å². The van der Waals surface area contributed by atoms with Gasteiger partial charge in [0.25, 0.3) is 0 Å². The summed E-state index contributed by atoms with van der Waals surface area (Å²) in [7, 11) is 1.49. The highest BCUT2D eigenvalue weighted by atomic mass is 16.5. The molecule has 3 aliphatic rings. The fourth-order valence-electron chi connectivity index (χ4n) is 5.48. The first-order chi connectivity index (χ1) is 22.5. The molecule has 254 valence electrons. The molecule has 2 aromatic rings. The fourth-order valence-corrected chi connectivity index (χ4v) is 5.48. The quantitative estimate of drug-likeness (QED) is 0.271. The van der Waals surface area contributed by atoms with Gasteiger partial charge in [0.2, 0.25) is 29.5 Å². The van der Waals surface area contributed by atoms with E-state index >= 15 is 0 Å². The smallest absolute Gasteiger partial charge is 0.246 e. The lowest BCUT2D eigenvalue weighted by atomic mass is 10.0. The third-order valence-electron chi connectivity index (χ3n) is 8.31. The minimum Gasteiger partial charge on any atom is -0.491 e. The van der Waals surface area contributed by atoms with Crippen molar-refractivity contribution in [1.82, 2.24) is 26.6 Å². The van der Waals surface area contributed by atoms with Gasteiger partial charge in [0, 0.05) is 26.4 Å². The van der Waals surface area contributed by atoms with Gasteiger partial charge in [-0.2, -0.15) is 0 Å². The number of fused-ring (bicyclic) bond motifs is 15. The Balaban J connectivity index is 1.62. The molecule has 0 aromatic heterocycles. The van der Waals surface area contributed by atoms with E-state index in [9.17, 15) is 24.0 Å². The van der Waals surface area contributed by atoms with E-state index in [4.69, 9.17) is 9.47 Å². The van der Waals surface area contributed by atoms with Gasteiger partial charge < -0.3 is 36.1 Å². The van der Waals surface area contributed by atoms with Crippen molar-refractivity contribution in [3.8, 4) is 5.75 Å². The molecule has 5 rings (SSSR count).